The van der Waals surface area contributed by atoms with E-state index in [2.05, 4.69) is 29.6 Å². The maximum Gasteiger partial charge on any atom is 0.407 e. The molecule has 3 atom stereocenters. The monoisotopic (exact) mass is 450 g/mol. The van der Waals surface area contributed by atoms with Gasteiger partial charge in [0, 0.05) is 18.5 Å². The highest BCUT2D eigenvalue weighted by Crippen LogP contribution is 2.44. The summed E-state index contributed by atoms with van der Waals surface area (Å²) in [5, 5.41) is 12.1. The second-order valence-corrected chi connectivity index (χ2v) is 8.79. The third kappa shape index (κ3) is 4.45. The van der Waals surface area contributed by atoms with Crippen LogP contribution in [0.15, 0.2) is 48.5 Å². The molecule has 0 aromatic heterocycles. The third-order valence-corrected chi connectivity index (χ3v) is 6.93. The molecule has 4 rings (SSSR count). The molecule has 1 aliphatic heterocycles. The topological polar surface area (TPSA) is 95.9 Å². The number of ether oxygens (including phenoxy) is 1. The number of aliphatic carboxylic acids is 1. The summed E-state index contributed by atoms with van der Waals surface area (Å²) in [5.41, 5.74) is 4.54. The average Bonchev–Trinajstić information content (AvgIpc) is 3.14. The normalized spacial score (nSPS) is 20.5. The number of carboxylic acid groups (broad SMARTS) is 1. The van der Waals surface area contributed by atoms with E-state index in [1.165, 1.54) is 0 Å². The zero-order chi connectivity index (χ0) is 23.5. The summed E-state index contributed by atoms with van der Waals surface area (Å²) in [5.74, 6) is -1.80. The minimum atomic E-state index is -0.891. The number of carbonyl (C=O) groups is 3. The number of nitrogens with one attached hydrogen (secondary N) is 1. The summed E-state index contributed by atoms with van der Waals surface area (Å²) < 4.78 is 5.58. The highest BCUT2D eigenvalue weighted by atomic mass is 16.5. The van der Waals surface area contributed by atoms with Gasteiger partial charge in [-0.2, -0.15) is 0 Å². The van der Waals surface area contributed by atoms with Crippen molar-refractivity contribution in [3.05, 3.63) is 59.7 Å². The van der Waals surface area contributed by atoms with Gasteiger partial charge >= 0.3 is 12.1 Å². The molecule has 2 aromatic carbocycles. The quantitative estimate of drug-likeness (QED) is 0.693. The second-order valence-electron chi connectivity index (χ2n) is 8.79. The van der Waals surface area contributed by atoms with Crippen molar-refractivity contribution in [1.29, 1.82) is 0 Å². The van der Waals surface area contributed by atoms with Crippen LogP contribution in [0.5, 0.6) is 0 Å². The number of piperidine rings is 1. The Hall–Kier alpha value is -3.35. The standard InChI is InChI=1S/C26H30N2O5/c1-3-23(24(29)28-14-8-13-17(16(28)2)25(30)31)27-26(32)33-15-22-20-11-6-4-9-18(20)19-10-5-7-12-21(19)22/h4-7,9-12,16-17,22-23H,3,8,13-15H2,1-2H3,(H,27,32)(H,30,31). The van der Waals surface area contributed by atoms with Crippen LogP contribution in [0.2, 0.25) is 0 Å². The molecule has 33 heavy (non-hydrogen) atoms. The number of fused-ring (bicyclic) bond motifs is 3. The van der Waals surface area contributed by atoms with E-state index in [0.717, 1.165) is 22.3 Å². The zero-order valence-corrected chi connectivity index (χ0v) is 19.0. The molecule has 7 heteroatoms. The second kappa shape index (κ2) is 9.65. The van der Waals surface area contributed by atoms with Gasteiger partial charge in [0.15, 0.2) is 0 Å². The summed E-state index contributed by atoms with van der Waals surface area (Å²) in [6.07, 6.45) is 0.937. The number of alkyl carbamates (subject to hydrolysis) is 1. The van der Waals surface area contributed by atoms with E-state index < -0.39 is 30.1 Å². The van der Waals surface area contributed by atoms with Gasteiger partial charge in [-0.05, 0) is 48.4 Å². The lowest BCUT2D eigenvalue weighted by molar-refractivity contribution is -0.149. The van der Waals surface area contributed by atoms with Crippen molar-refractivity contribution in [3.63, 3.8) is 0 Å². The van der Waals surface area contributed by atoms with Crippen LogP contribution in [0.4, 0.5) is 4.79 Å². The van der Waals surface area contributed by atoms with Crippen LogP contribution in [0.25, 0.3) is 11.1 Å². The van der Waals surface area contributed by atoms with E-state index >= 15 is 0 Å². The molecular formula is C26H30N2O5. The molecule has 0 radical (unpaired) electrons. The fourth-order valence-electron chi connectivity index (χ4n) is 5.11. The summed E-state index contributed by atoms with van der Waals surface area (Å²) in [6, 6.07) is 15.0. The first-order valence-electron chi connectivity index (χ1n) is 11.6. The Bertz CT molecular complexity index is 1010. The largest absolute Gasteiger partial charge is 0.481 e. The molecule has 2 N–H and O–H groups in total. The molecule has 2 amide bonds. The lowest BCUT2D eigenvalue weighted by atomic mass is 9.89. The van der Waals surface area contributed by atoms with Gasteiger partial charge in [0.1, 0.15) is 12.6 Å². The van der Waals surface area contributed by atoms with Crippen molar-refractivity contribution >= 4 is 18.0 Å². The van der Waals surface area contributed by atoms with Crippen molar-refractivity contribution in [2.45, 2.75) is 51.1 Å². The third-order valence-electron chi connectivity index (χ3n) is 6.93. The molecule has 174 valence electrons. The fourth-order valence-corrected chi connectivity index (χ4v) is 5.11. The van der Waals surface area contributed by atoms with Gasteiger partial charge in [-0.15, -0.1) is 0 Å². The van der Waals surface area contributed by atoms with Crippen LogP contribution >= 0.6 is 0 Å². The minimum Gasteiger partial charge on any atom is -0.481 e. The fraction of sp³-hybridized carbons (Fsp3) is 0.423. The molecule has 2 aliphatic rings. The smallest absolute Gasteiger partial charge is 0.407 e. The Labute approximate surface area is 193 Å². The van der Waals surface area contributed by atoms with Crippen LogP contribution in [0.1, 0.15) is 50.2 Å². The van der Waals surface area contributed by atoms with Crippen molar-refractivity contribution in [1.82, 2.24) is 10.2 Å². The number of likely N-dealkylation sites (tertiary alicyclic amines) is 1. The first-order chi connectivity index (χ1) is 15.9. The molecule has 3 unspecified atom stereocenters. The molecule has 0 spiro atoms. The van der Waals surface area contributed by atoms with Gasteiger partial charge in [-0.25, -0.2) is 4.79 Å². The van der Waals surface area contributed by atoms with E-state index in [4.69, 9.17) is 4.74 Å². The summed E-state index contributed by atoms with van der Waals surface area (Å²) in [7, 11) is 0. The predicted octanol–water partition coefficient (Wildman–Crippen LogP) is 4.02. The highest BCUT2D eigenvalue weighted by Gasteiger charge is 2.38. The minimum absolute atomic E-state index is 0.0580. The van der Waals surface area contributed by atoms with E-state index in [0.29, 0.717) is 25.8 Å². The number of hydrogen-bond donors (Lipinski definition) is 2. The van der Waals surface area contributed by atoms with Crippen LogP contribution in [-0.4, -0.2) is 53.2 Å². The summed E-state index contributed by atoms with van der Waals surface area (Å²) in [4.78, 5) is 38.8. The lowest BCUT2D eigenvalue weighted by Crippen LogP contribution is -2.55. The van der Waals surface area contributed by atoms with Gasteiger partial charge in [-0.1, -0.05) is 55.5 Å². The summed E-state index contributed by atoms with van der Waals surface area (Å²) >= 11 is 0. The van der Waals surface area contributed by atoms with Gasteiger partial charge in [0.25, 0.3) is 0 Å². The number of rotatable bonds is 6. The Morgan fingerprint density at radius 3 is 2.27 bits per heavy atom. The number of benzene rings is 2. The van der Waals surface area contributed by atoms with Gasteiger partial charge < -0.3 is 20.1 Å². The van der Waals surface area contributed by atoms with Crippen molar-refractivity contribution in [2.24, 2.45) is 5.92 Å². The molecule has 1 aliphatic carbocycles. The van der Waals surface area contributed by atoms with Crippen LogP contribution in [0.3, 0.4) is 0 Å². The molecule has 1 heterocycles. The highest BCUT2D eigenvalue weighted by molar-refractivity contribution is 5.87. The molecule has 0 bridgehead atoms. The first kappa shape index (κ1) is 22.8. The van der Waals surface area contributed by atoms with Gasteiger partial charge in [0.2, 0.25) is 5.91 Å². The molecule has 1 saturated heterocycles. The Balaban J connectivity index is 1.40. The van der Waals surface area contributed by atoms with Crippen LogP contribution in [-0.2, 0) is 14.3 Å². The van der Waals surface area contributed by atoms with Crippen molar-refractivity contribution < 1.29 is 24.2 Å². The Kier molecular flexibility index (Phi) is 6.67. The van der Waals surface area contributed by atoms with Crippen molar-refractivity contribution in [2.75, 3.05) is 13.2 Å². The average molecular weight is 451 g/mol. The zero-order valence-electron chi connectivity index (χ0n) is 19.0. The van der Waals surface area contributed by atoms with Crippen LogP contribution in [0, 0.1) is 5.92 Å². The van der Waals surface area contributed by atoms with E-state index in [1.54, 1.807) is 11.8 Å². The van der Waals surface area contributed by atoms with E-state index in [-0.39, 0.29) is 18.4 Å². The number of carbonyl (C=O) groups excluding carboxylic acids is 2. The maximum atomic E-state index is 13.1. The molecule has 0 saturated carbocycles. The SMILES string of the molecule is CCC(NC(=O)OCC1c2ccccc2-c2ccccc21)C(=O)N1CCCC(C(=O)O)C1C. The van der Waals surface area contributed by atoms with E-state index in [1.807, 2.05) is 31.2 Å². The maximum absolute atomic E-state index is 13.1. The number of amides is 2. The number of nitrogens with zero attached hydrogens (tertiary/aromatic N) is 1. The number of carboxylic acids is 1. The van der Waals surface area contributed by atoms with Gasteiger partial charge in [0.05, 0.1) is 5.92 Å². The van der Waals surface area contributed by atoms with Crippen LogP contribution < -0.4 is 5.32 Å². The van der Waals surface area contributed by atoms with Gasteiger partial charge in [-0.3, -0.25) is 9.59 Å². The Morgan fingerprint density at radius 1 is 1.09 bits per heavy atom. The number of hydrogen-bond acceptors (Lipinski definition) is 4. The van der Waals surface area contributed by atoms with Crippen molar-refractivity contribution in [3.8, 4) is 11.1 Å². The molecular weight excluding hydrogens is 420 g/mol. The predicted molar refractivity (Wildman–Crippen MR) is 124 cm³/mol. The lowest BCUT2D eigenvalue weighted by Gasteiger charge is -2.39. The summed E-state index contributed by atoms with van der Waals surface area (Å²) in [6.45, 7) is 4.24. The Morgan fingerprint density at radius 2 is 1.70 bits per heavy atom. The molecule has 7 nitrogen and oxygen atoms in total. The molecule has 2 aromatic rings. The van der Waals surface area contributed by atoms with E-state index in [9.17, 15) is 19.5 Å². The molecule has 1 fully saturated rings. The first-order valence-corrected chi connectivity index (χ1v) is 11.6.